The van der Waals surface area contributed by atoms with E-state index < -0.39 is 0 Å². The Morgan fingerprint density at radius 1 is 0.316 bits per heavy atom. The average molecular weight is 721 g/mol. The highest BCUT2D eigenvalue weighted by atomic mass is 14.8. The van der Waals surface area contributed by atoms with Crippen molar-refractivity contribution in [3.63, 3.8) is 0 Å². The summed E-state index contributed by atoms with van der Waals surface area (Å²) in [5, 5.41) is 9.86. The molecule has 262 valence electrons. The molecule has 0 radical (unpaired) electrons. The molecule has 0 unspecified atom stereocenters. The fourth-order valence-electron chi connectivity index (χ4n) is 10.5. The van der Waals surface area contributed by atoms with E-state index in [0.717, 1.165) is 33.1 Å². The van der Waals surface area contributed by atoms with Gasteiger partial charge in [0.2, 0.25) is 0 Å². The summed E-state index contributed by atoms with van der Waals surface area (Å²) in [6.07, 6.45) is 1.85. The van der Waals surface area contributed by atoms with Crippen LogP contribution >= 0.6 is 0 Å². The van der Waals surface area contributed by atoms with Crippen LogP contribution in [-0.4, -0.2) is 9.97 Å². The maximum atomic E-state index is 5.17. The molecule has 0 aliphatic heterocycles. The Kier molecular flexibility index (Phi) is 6.13. The van der Waals surface area contributed by atoms with Crippen molar-refractivity contribution >= 4 is 54.1 Å². The summed E-state index contributed by atoms with van der Waals surface area (Å²) < 4.78 is 0. The van der Waals surface area contributed by atoms with Crippen LogP contribution in [-0.2, 0) is 5.41 Å². The van der Waals surface area contributed by atoms with Crippen molar-refractivity contribution in [2.24, 2.45) is 0 Å². The maximum Gasteiger partial charge on any atom is 0.0972 e. The summed E-state index contributed by atoms with van der Waals surface area (Å²) in [7, 11) is 0. The SMILES string of the molecule is c1cc(-c2ccc3c(c2)c2ccccc2c2cc4c(cc32)C2(c3ccccc3-c3ccccc32)c2ccccc2-4)cc(-c2ccc3ccc4cccnc4c3n2)c1. The van der Waals surface area contributed by atoms with E-state index in [0.29, 0.717) is 0 Å². The van der Waals surface area contributed by atoms with E-state index in [-0.39, 0.29) is 5.41 Å². The average Bonchev–Trinajstić information content (AvgIpc) is 3.75. The lowest BCUT2D eigenvalue weighted by atomic mass is 9.70. The van der Waals surface area contributed by atoms with Crippen molar-refractivity contribution < 1.29 is 0 Å². The second-order valence-electron chi connectivity index (χ2n) is 15.6. The van der Waals surface area contributed by atoms with Crippen molar-refractivity contribution in [2.45, 2.75) is 5.41 Å². The number of aromatic nitrogens is 2. The number of hydrogen-bond acceptors (Lipinski definition) is 2. The zero-order valence-electron chi connectivity index (χ0n) is 30.9. The molecular weight excluding hydrogens is 689 g/mol. The smallest absolute Gasteiger partial charge is 0.0972 e. The molecule has 2 heterocycles. The normalized spacial score (nSPS) is 13.4. The molecule has 0 N–H and O–H groups in total. The molecule has 2 heteroatoms. The van der Waals surface area contributed by atoms with Gasteiger partial charge in [-0.2, -0.15) is 0 Å². The fraction of sp³-hybridized carbons (Fsp3) is 0.0182. The first kappa shape index (κ1) is 30.9. The standard InChI is InChI=1S/C55H32N2/c1-2-15-39-38(14-1)44-30-36(35-11-9-12-37(29-35)52-27-25-34-23-22-33-13-10-28-56-53(33)54(34)57-52)24-26-40(44)46-32-51-47(31-45(39)46)43-18-5-8-21-50(43)55(51)48-19-6-3-16-41(48)42-17-4-7-20-49(42)55/h1-32H. The van der Waals surface area contributed by atoms with E-state index in [2.05, 4.69) is 182 Å². The molecule has 9 aromatic carbocycles. The molecule has 1 spiro atoms. The van der Waals surface area contributed by atoms with Gasteiger partial charge in [0.05, 0.1) is 22.1 Å². The fourth-order valence-corrected chi connectivity index (χ4v) is 10.5. The lowest BCUT2D eigenvalue weighted by Gasteiger charge is -2.30. The molecule has 0 atom stereocenters. The highest BCUT2D eigenvalue weighted by Crippen LogP contribution is 2.63. The Labute approximate surface area is 329 Å². The van der Waals surface area contributed by atoms with Gasteiger partial charge < -0.3 is 0 Å². The second kappa shape index (κ2) is 11.3. The summed E-state index contributed by atoms with van der Waals surface area (Å²) >= 11 is 0. The summed E-state index contributed by atoms with van der Waals surface area (Å²) in [5.41, 5.74) is 16.6. The first-order valence-corrected chi connectivity index (χ1v) is 19.7. The van der Waals surface area contributed by atoms with E-state index in [1.165, 1.54) is 88.0 Å². The number of hydrogen-bond donors (Lipinski definition) is 0. The number of nitrogens with zero attached hydrogens (tertiary/aromatic N) is 2. The Bertz CT molecular complexity index is 3490. The molecular formula is C55H32N2. The number of benzene rings is 9. The molecule has 0 amide bonds. The van der Waals surface area contributed by atoms with Crippen LogP contribution in [0.2, 0.25) is 0 Å². The highest BCUT2D eigenvalue weighted by molar-refractivity contribution is 6.27. The van der Waals surface area contributed by atoms with Gasteiger partial charge >= 0.3 is 0 Å². The predicted molar refractivity (Wildman–Crippen MR) is 237 cm³/mol. The van der Waals surface area contributed by atoms with Gasteiger partial charge in [0, 0.05) is 22.5 Å². The van der Waals surface area contributed by atoms with Gasteiger partial charge in [0.25, 0.3) is 0 Å². The molecule has 2 aliphatic carbocycles. The van der Waals surface area contributed by atoms with Crippen molar-refractivity contribution in [3.8, 4) is 44.6 Å². The van der Waals surface area contributed by atoms with Crippen molar-refractivity contribution in [3.05, 3.63) is 217 Å². The van der Waals surface area contributed by atoms with E-state index in [4.69, 9.17) is 9.97 Å². The Morgan fingerprint density at radius 3 is 1.61 bits per heavy atom. The van der Waals surface area contributed by atoms with Crippen molar-refractivity contribution in [1.29, 1.82) is 0 Å². The largest absolute Gasteiger partial charge is 0.254 e. The molecule has 2 nitrogen and oxygen atoms in total. The van der Waals surface area contributed by atoms with Crippen LogP contribution in [0.25, 0.3) is 98.8 Å². The lowest BCUT2D eigenvalue weighted by molar-refractivity contribution is 0.795. The molecule has 2 aromatic heterocycles. The van der Waals surface area contributed by atoms with Gasteiger partial charge in [-0.05, 0) is 124 Å². The topological polar surface area (TPSA) is 25.8 Å². The van der Waals surface area contributed by atoms with Crippen LogP contribution in [0.3, 0.4) is 0 Å². The number of pyridine rings is 2. The van der Waals surface area contributed by atoms with Crippen LogP contribution in [0.4, 0.5) is 0 Å². The first-order chi connectivity index (χ1) is 28.3. The van der Waals surface area contributed by atoms with Crippen molar-refractivity contribution in [1.82, 2.24) is 9.97 Å². The molecule has 0 bridgehead atoms. The minimum Gasteiger partial charge on any atom is -0.254 e. The quantitative estimate of drug-likeness (QED) is 0.166. The van der Waals surface area contributed by atoms with Gasteiger partial charge in [0.15, 0.2) is 0 Å². The lowest BCUT2D eigenvalue weighted by Crippen LogP contribution is -2.25. The molecule has 13 rings (SSSR count). The number of fused-ring (bicyclic) bond motifs is 19. The summed E-state index contributed by atoms with van der Waals surface area (Å²) in [6, 6.07) is 69.7. The third-order valence-electron chi connectivity index (χ3n) is 12.9. The van der Waals surface area contributed by atoms with Crippen LogP contribution in [0, 0.1) is 0 Å². The molecule has 11 aromatic rings. The molecule has 0 saturated heterocycles. The van der Waals surface area contributed by atoms with E-state index in [9.17, 15) is 0 Å². The van der Waals surface area contributed by atoms with Gasteiger partial charge in [-0.15, -0.1) is 0 Å². The third-order valence-corrected chi connectivity index (χ3v) is 12.9. The Morgan fingerprint density at radius 2 is 0.877 bits per heavy atom. The predicted octanol–water partition coefficient (Wildman–Crippen LogP) is 13.9. The maximum absolute atomic E-state index is 5.17. The molecule has 2 aliphatic rings. The van der Waals surface area contributed by atoms with E-state index in [1.807, 2.05) is 12.3 Å². The summed E-state index contributed by atoms with van der Waals surface area (Å²) in [5.74, 6) is 0. The monoisotopic (exact) mass is 720 g/mol. The zero-order valence-corrected chi connectivity index (χ0v) is 30.9. The summed E-state index contributed by atoms with van der Waals surface area (Å²) in [6.45, 7) is 0. The third kappa shape index (κ3) is 4.09. The van der Waals surface area contributed by atoms with Crippen LogP contribution in [0.1, 0.15) is 22.3 Å². The Hall–Kier alpha value is -7.42. The van der Waals surface area contributed by atoms with E-state index in [1.54, 1.807) is 0 Å². The van der Waals surface area contributed by atoms with Gasteiger partial charge in [-0.3, -0.25) is 4.98 Å². The molecule has 57 heavy (non-hydrogen) atoms. The number of rotatable bonds is 2. The van der Waals surface area contributed by atoms with Gasteiger partial charge in [0.1, 0.15) is 0 Å². The first-order valence-electron chi connectivity index (χ1n) is 19.7. The second-order valence-corrected chi connectivity index (χ2v) is 15.6. The summed E-state index contributed by atoms with van der Waals surface area (Å²) in [4.78, 5) is 9.87. The van der Waals surface area contributed by atoms with Gasteiger partial charge in [-0.1, -0.05) is 152 Å². The highest BCUT2D eigenvalue weighted by Gasteiger charge is 2.51. The van der Waals surface area contributed by atoms with E-state index >= 15 is 0 Å². The molecule has 0 fully saturated rings. The molecule has 0 saturated carbocycles. The van der Waals surface area contributed by atoms with Crippen LogP contribution < -0.4 is 0 Å². The minimum absolute atomic E-state index is 0.384. The zero-order chi connectivity index (χ0) is 37.2. The minimum atomic E-state index is -0.384. The van der Waals surface area contributed by atoms with Crippen molar-refractivity contribution in [2.75, 3.05) is 0 Å². The Balaban J connectivity index is 1.04. The van der Waals surface area contributed by atoms with Crippen LogP contribution in [0.5, 0.6) is 0 Å². The van der Waals surface area contributed by atoms with Gasteiger partial charge in [-0.25, -0.2) is 4.98 Å². The van der Waals surface area contributed by atoms with Crippen LogP contribution in [0.15, 0.2) is 194 Å².